The van der Waals surface area contributed by atoms with Crippen LogP contribution >= 0.6 is 0 Å². The van der Waals surface area contributed by atoms with Gasteiger partial charge in [0, 0.05) is 23.2 Å². The van der Waals surface area contributed by atoms with E-state index in [1.54, 1.807) is 14.2 Å². The molecule has 0 saturated carbocycles. The molecule has 0 aliphatic carbocycles. The number of ether oxygens (including phenoxy) is 2. The van der Waals surface area contributed by atoms with Gasteiger partial charge in [0.1, 0.15) is 0 Å². The second-order valence-corrected chi connectivity index (χ2v) is 7.97. The van der Waals surface area contributed by atoms with Crippen LogP contribution in [0, 0.1) is 6.92 Å². The Labute approximate surface area is 152 Å². The lowest BCUT2D eigenvalue weighted by molar-refractivity contribution is 0.248. The van der Waals surface area contributed by atoms with Crippen LogP contribution in [-0.4, -0.2) is 42.7 Å². The molecule has 5 heteroatoms. The van der Waals surface area contributed by atoms with Gasteiger partial charge in [-0.05, 0) is 55.8 Å². The zero-order valence-corrected chi connectivity index (χ0v) is 16.1. The number of likely N-dealkylation sites (N-methyl/N-ethyl adjacent to an activating group) is 1. The molecular weight excluding hydrogens is 334 g/mol. The van der Waals surface area contributed by atoms with Gasteiger partial charge in [-0.1, -0.05) is 17.7 Å². The highest BCUT2D eigenvalue weighted by Gasteiger charge is 2.28. The standard InChI is InChI=1S/C20H25NO3S/c1-14-5-7-16(8-6-14)25(22)13-18-17-12-20(24-4)19(23-3)11-15(17)9-10-21(18)2/h5-8,11-12,18H,9-10,13H2,1-4H3/t18-,25+/m0/s1. The van der Waals surface area contributed by atoms with Crippen LogP contribution in [0.5, 0.6) is 11.5 Å². The fourth-order valence-corrected chi connectivity index (χ4v) is 4.65. The first-order valence-corrected chi connectivity index (χ1v) is 9.75. The van der Waals surface area contributed by atoms with Crippen molar-refractivity contribution >= 4 is 10.8 Å². The van der Waals surface area contributed by atoms with Crippen LogP contribution in [0.4, 0.5) is 0 Å². The van der Waals surface area contributed by atoms with Gasteiger partial charge in [-0.15, -0.1) is 0 Å². The summed E-state index contributed by atoms with van der Waals surface area (Å²) in [6.07, 6.45) is 0.958. The third-order valence-electron chi connectivity index (χ3n) is 4.86. The Morgan fingerprint density at radius 2 is 1.76 bits per heavy atom. The molecule has 0 bridgehead atoms. The van der Waals surface area contributed by atoms with Crippen molar-refractivity contribution in [1.29, 1.82) is 0 Å². The molecule has 2 aromatic rings. The molecule has 1 heterocycles. The Morgan fingerprint density at radius 1 is 1.12 bits per heavy atom. The topological polar surface area (TPSA) is 38.8 Å². The highest BCUT2D eigenvalue weighted by molar-refractivity contribution is 7.85. The molecule has 0 saturated heterocycles. The van der Waals surface area contributed by atoms with Crippen molar-refractivity contribution in [3.63, 3.8) is 0 Å². The van der Waals surface area contributed by atoms with Crippen LogP contribution < -0.4 is 9.47 Å². The molecule has 0 aromatic heterocycles. The molecule has 134 valence electrons. The summed E-state index contributed by atoms with van der Waals surface area (Å²) in [7, 11) is 4.35. The lowest BCUT2D eigenvalue weighted by Crippen LogP contribution is -2.35. The first-order valence-electron chi connectivity index (χ1n) is 8.43. The fraction of sp³-hybridized carbons (Fsp3) is 0.400. The smallest absolute Gasteiger partial charge is 0.161 e. The van der Waals surface area contributed by atoms with E-state index in [2.05, 4.69) is 18.0 Å². The van der Waals surface area contributed by atoms with E-state index in [0.29, 0.717) is 5.75 Å². The summed E-state index contributed by atoms with van der Waals surface area (Å²) >= 11 is 0. The third-order valence-corrected chi connectivity index (χ3v) is 6.28. The van der Waals surface area contributed by atoms with E-state index >= 15 is 0 Å². The van der Waals surface area contributed by atoms with Crippen LogP contribution in [0.3, 0.4) is 0 Å². The lowest BCUT2D eigenvalue weighted by atomic mass is 9.93. The van der Waals surface area contributed by atoms with Gasteiger partial charge in [-0.25, -0.2) is 0 Å². The highest BCUT2D eigenvalue weighted by atomic mass is 32.2. The maximum Gasteiger partial charge on any atom is 0.161 e. The number of methoxy groups -OCH3 is 2. The summed E-state index contributed by atoms with van der Waals surface area (Å²) in [5.74, 6) is 2.05. The van der Waals surface area contributed by atoms with Crippen LogP contribution in [0.25, 0.3) is 0 Å². The number of hydrogen-bond donors (Lipinski definition) is 0. The van der Waals surface area contributed by atoms with Crippen molar-refractivity contribution in [2.75, 3.05) is 33.6 Å². The molecule has 2 aromatic carbocycles. The van der Waals surface area contributed by atoms with Gasteiger partial charge in [-0.3, -0.25) is 9.11 Å². The number of benzene rings is 2. The Morgan fingerprint density at radius 3 is 2.40 bits per heavy atom. The maximum atomic E-state index is 12.9. The molecule has 1 aliphatic rings. The molecule has 0 spiro atoms. The molecule has 0 fully saturated rings. The third kappa shape index (κ3) is 3.72. The predicted molar refractivity (Wildman–Crippen MR) is 101 cm³/mol. The van der Waals surface area contributed by atoms with Gasteiger partial charge in [0.05, 0.1) is 25.0 Å². The van der Waals surface area contributed by atoms with Gasteiger partial charge in [-0.2, -0.15) is 0 Å². The van der Waals surface area contributed by atoms with Crippen LogP contribution in [-0.2, 0) is 17.2 Å². The molecule has 25 heavy (non-hydrogen) atoms. The molecule has 0 radical (unpaired) electrons. The molecule has 3 rings (SSSR count). The van der Waals surface area contributed by atoms with E-state index in [-0.39, 0.29) is 6.04 Å². The monoisotopic (exact) mass is 359 g/mol. The number of hydrogen-bond acceptors (Lipinski definition) is 4. The minimum Gasteiger partial charge on any atom is -0.493 e. The Kier molecular flexibility index (Phi) is 5.45. The Balaban J connectivity index is 1.91. The zero-order chi connectivity index (χ0) is 18.0. The van der Waals surface area contributed by atoms with E-state index in [0.717, 1.165) is 29.4 Å². The number of nitrogens with zero attached hydrogens (tertiary/aromatic N) is 1. The summed E-state index contributed by atoms with van der Waals surface area (Å²) in [6.45, 7) is 2.98. The summed E-state index contributed by atoms with van der Waals surface area (Å²) in [6, 6.07) is 12.2. The van der Waals surface area contributed by atoms with Crippen LogP contribution in [0.2, 0.25) is 0 Å². The Bertz CT molecular complexity index is 773. The van der Waals surface area contributed by atoms with Crippen molar-refractivity contribution < 1.29 is 13.7 Å². The second kappa shape index (κ2) is 7.58. The predicted octanol–water partition coefficient (Wildman–Crippen LogP) is 3.35. The fourth-order valence-electron chi connectivity index (χ4n) is 3.30. The quantitative estimate of drug-likeness (QED) is 0.821. The molecule has 1 aliphatic heterocycles. The van der Waals surface area contributed by atoms with Gasteiger partial charge < -0.3 is 9.47 Å². The molecule has 0 amide bonds. The minimum absolute atomic E-state index is 0.102. The highest BCUT2D eigenvalue weighted by Crippen LogP contribution is 2.38. The molecule has 0 unspecified atom stereocenters. The first kappa shape index (κ1) is 18.0. The minimum atomic E-state index is -1.05. The summed E-state index contributed by atoms with van der Waals surface area (Å²) < 4.78 is 23.8. The van der Waals surface area contributed by atoms with E-state index < -0.39 is 10.8 Å². The molecule has 2 atom stereocenters. The molecule has 0 N–H and O–H groups in total. The van der Waals surface area contributed by atoms with Gasteiger partial charge in [0.2, 0.25) is 0 Å². The van der Waals surface area contributed by atoms with E-state index in [4.69, 9.17) is 9.47 Å². The van der Waals surface area contributed by atoms with E-state index in [1.807, 2.05) is 37.3 Å². The second-order valence-electron chi connectivity index (χ2n) is 6.48. The summed E-state index contributed by atoms with van der Waals surface area (Å²) in [5, 5.41) is 0. The molecular formula is C20H25NO3S. The summed E-state index contributed by atoms with van der Waals surface area (Å²) in [5.41, 5.74) is 3.62. The van der Waals surface area contributed by atoms with E-state index in [9.17, 15) is 4.21 Å². The number of fused-ring (bicyclic) bond motifs is 1. The SMILES string of the molecule is COc1cc2c(cc1OC)[C@H](C[S@@](=O)c1ccc(C)cc1)N(C)CC2. The van der Waals surface area contributed by atoms with Gasteiger partial charge >= 0.3 is 0 Å². The van der Waals surface area contributed by atoms with Crippen molar-refractivity contribution in [2.24, 2.45) is 0 Å². The van der Waals surface area contributed by atoms with Gasteiger partial charge in [0.25, 0.3) is 0 Å². The average molecular weight is 359 g/mol. The number of rotatable bonds is 5. The van der Waals surface area contributed by atoms with E-state index in [1.165, 1.54) is 16.7 Å². The van der Waals surface area contributed by atoms with Gasteiger partial charge in [0.15, 0.2) is 11.5 Å². The lowest BCUT2D eigenvalue weighted by Gasteiger charge is -2.35. The maximum absolute atomic E-state index is 12.9. The van der Waals surface area contributed by atoms with Crippen molar-refractivity contribution in [3.8, 4) is 11.5 Å². The molecule has 4 nitrogen and oxygen atoms in total. The summed E-state index contributed by atoms with van der Waals surface area (Å²) in [4.78, 5) is 3.16. The van der Waals surface area contributed by atoms with Crippen molar-refractivity contribution in [1.82, 2.24) is 4.90 Å². The largest absolute Gasteiger partial charge is 0.493 e. The van der Waals surface area contributed by atoms with Crippen molar-refractivity contribution in [2.45, 2.75) is 24.3 Å². The van der Waals surface area contributed by atoms with Crippen LogP contribution in [0.1, 0.15) is 22.7 Å². The first-order chi connectivity index (χ1) is 12.0. The number of aryl methyl sites for hydroxylation is 1. The Hall–Kier alpha value is -1.85. The average Bonchev–Trinajstić information content (AvgIpc) is 2.63. The normalized spacial score (nSPS) is 18.5. The zero-order valence-electron chi connectivity index (χ0n) is 15.2. The van der Waals surface area contributed by atoms with Crippen molar-refractivity contribution in [3.05, 3.63) is 53.1 Å². The van der Waals surface area contributed by atoms with Crippen LogP contribution in [0.15, 0.2) is 41.3 Å².